The van der Waals surface area contributed by atoms with Crippen LogP contribution in [0.2, 0.25) is 0 Å². The van der Waals surface area contributed by atoms with E-state index in [1.54, 1.807) is 14.2 Å². The Morgan fingerprint density at radius 1 is 1.11 bits per heavy atom. The number of aromatic amines is 1. The van der Waals surface area contributed by atoms with Gasteiger partial charge < -0.3 is 24.9 Å². The zero-order valence-electron chi connectivity index (χ0n) is 15.7. The van der Waals surface area contributed by atoms with E-state index in [0.29, 0.717) is 18.7 Å². The second-order valence-corrected chi connectivity index (χ2v) is 6.34. The number of aliphatic hydroxyl groups excluding tert-OH is 1. The Bertz CT molecular complexity index is 931. The van der Waals surface area contributed by atoms with Crippen molar-refractivity contribution in [2.24, 2.45) is 0 Å². The van der Waals surface area contributed by atoms with Gasteiger partial charge in [-0.2, -0.15) is 0 Å². The Morgan fingerprint density at radius 3 is 2.41 bits per heavy atom. The molecule has 3 aromatic rings. The number of ether oxygens (including phenoxy) is 2. The van der Waals surface area contributed by atoms with Crippen LogP contribution < -0.4 is 14.8 Å². The summed E-state index contributed by atoms with van der Waals surface area (Å²) in [7, 11) is 3.23. The van der Waals surface area contributed by atoms with Gasteiger partial charge in [0, 0.05) is 24.4 Å². The number of carbonyl (C=O) groups excluding carboxylic acids is 1. The fourth-order valence-electron chi connectivity index (χ4n) is 3.19. The molecule has 0 aliphatic carbocycles. The van der Waals surface area contributed by atoms with Crippen molar-refractivity contribution >= 4 is 16.8 Å². The molecule has 1 amide bonds. The summed E-state index contributed by atoms with van der Waals surface area (Å²) in [6, 6.07) is 13.1. The van der Waals surface area contributed by atoms with E-state index in [-0.39, 0.29) is 5.91 Å². The number of fused-ring (bicyclic) bond motifs is 1. The molecule has 3 N–H and O–H groups in total. The normalized spacial score (nSPS) is 12.0. The van der Waals surface area contributed by atoms with Crippen molar-refractivity contribution < 1.29 is 19.4 Å². The van der Waals surface area contributed by atoms with Gasteiger partial charge in [-0.1, -0.05) is 12.1 Å². The minimum absolute atomic E-state index is 0.0790. The second-order valence-electron chi connectivity index (χ2n) is 6.34. The van der Waals surface area contributed by atoms with Crippen LogP contribution in [0, 0.1) is 0 Å². The smallest absolute Gasteiger partial charge is 0.216 e. The van der Waals surface area contributed by atoms with Crippen molar-refractivity contribution in [1.82, 2.24) is 10.3 Å². The topological polar surface area (TPSA) is 83.6 Å². The molecule has 0 aliphatic rings. The fourth-order valence-corrected chi connectivity index (χ4v) is 3.19. The van der Waals surface area contributed by atoms with E-state index in [0.717, 1.165) is 33.5 Å². The number of H-pyrrole nitrogens is 1. The van der Waals surface area contributed by atoms with Crippen LogP contribution in [0.25, 0.3) is 10.9 Å². The lowest BCUT2D eigenvalue weighted by Gasteiger charge is -2.13. The highest BCUT2D eigenvalue weighted by atomic mass is 16.5. The van der Waals surface area contributed by atoms with Gasteiger partial charge in [0.25, 0.3) is 0 Å². The minimum Gasteiger partial charge on any atom is -0.497 e. The average molecular weight is 368 g/mol. The average Bonchev–Trinajstić information content (AvgIpc) is 3.05. The number of rotatable bonds is 7. The minimum atomic E-state index is -0.818. The number of amides is 1. The number of hydrogen-bond acceptors (Lipinski definition) is 4. The van der Waals surface area contributed by atoms with Crippen molar-refractivity contribution in [3.63, 3.8) is 0 Å². The van der Waals surface area contributed by atoms with Crippen molar-refractivity contribution in [2.45, 2.75) is 19.4 Å². The molecular weight excluding hydrogens is 344 g/mol. The Morgan fingerprint density at radius 2 is 1.78 bits per heavy atom. The van der Waals surface area contributed by atoms with Crippen LogP contribution in [0.4, 0.5) is 0 Å². The van der Waals surface area contributed by atoms with Gasteiger partial charge in [-0.15, -0.1) is 0 Å². The highest BCUT2D eigenvalue weighted by molar-refractivity contribution is 5.86. The highest BCUT2D eigenvalue weighted by Crippen LogP contribution is 2.33. The van der Waals surface area contributed by atoms with Crippen molar-refractivity contribution in [1.29, 1.82) is 0 Å². The lowest BCUT2D eigenvalue weighted by Crippen LogP contribution is -2.22. The summed E-state index contributed by atoms with van der Waals surface area (Å²) in [4.78, 5) is 14.6. The molecule has 6 heteroatoms. The molecule has 0 fully saturated rings. The molecule has 0 radical (unpaired) electrons. The van der Waals surface area contributed by atoms with Crippen LogP contribution in [0.5, 0.6) is 11.5 Å². The van der Waals surface area contributed by atoms with E-state index >= 15 is 0 Å². The van der Waals surface area contributed by atoms with Crippen LogP contribution in [0.3, 0.4) is 0 Å². The van der Waals surface area contributed by atoms with Gasteiger partial charge >= 0.3 is 0 Å². The maximum atomic E-state index is 11.2. The van der Waals surface area contributed by atoms with Gasteiger partial charge in [0.1, 0.15) is 17.6 Å². The summed E-state index contributed by atoms with van der Waals surface area (Å²) in [6.45, 7) is 1.98. The Balaban J connectivity index is 2.01. The molecule has 0 saturated heterocycles. The zero-order valence-corrected chi connectivity index (χ0v) is 15.7. The maximum Gasteiger partial charge on any atom is 0.216 e. The summed E-state index contributed by atoms with van der Waals surface area (Å²) >= 11 is 0. The number of aromatic nitrogens is 1. The first kappa shape index (κ1) is 18.8. The van der Waals surface area contributed by atoms with Gasteiger partial charge in [-0.25, -0.2) is 0 Å². The molecule has 1 unspecified atom stereocenters. The van der Waals surface area contributed by atoms with E-state index in [9.17, 15) is 9.90 Å². The first-order valence-corrected chi connectivity index (χ1v) is 8.78. The van der Waals surface area contributed by atoms with Crippen LogP contribution in [0.1, 0.15) is 29.8 Å². The molecule has 2 aromatic carbocycles. The molecule has 0 spiro atoms. The Hall–Kier alpha value is -2.99. The van der Waals surface area contributed by atoms with Crippen molar-refractivity contribution in [3.05, 3.63) is 59.3 Å². The van der Waals surface area contributed by atoms with Gasteiger partial charge in [0.15, 0.2) is 0 Å². The molecule has 6 nitrogen and oxygen atoms in total. The van der Waals surface area contributed by atoms with Crippen molar-refractivity contribution in [2.75, 3.05) is 20.8 Å². The molecular formula is C21H24N2O4. The summed E-state index contributed by atoms with van der Waals surface area (Å²) < 4.78 is 10.5. The van der Waals surface area contributed by atoms with Gasteiger partial charge in [-0.05, 0) is 47.9 Å². The Labute approximate surface area is 158 Å². The molecule has 1 heterocycles. The summed E-state index contributed by atoms with van der Waals surface area (Å²) in [5.74, 6) is 1.40. The quantitative estimate of drug-likeness (QED) is 0.599. The van der Waals surface area contributed by atoms with Gasteiger partial charge in [-0.3, -0.25) is 4.79 Å². The summed E-state index contributed by atoms with van der Waals surface area (Å²) in [6.07, 6.45) is -0.225. The molecule has 1 atom stereocenters. The predicted molar refractivity (Wildman–Crippen MR) is 104 cm³/mol. The van der Waals surface area contributed by atoms with Crippen LogP contribution >= 0.6 is 0 Å². The molecule has 0 bridgehead atoms. The van der Waals surface area contributed by atoms with E-state index in [1.807, 2.05) is 42.5 Å². The first-order valence-electron chi connectivity index (χ1n) is 8.78. The lowest BCUT2D eigenvalue weighted by molar-refractivity contribution is -0.118. The monoisotopic (exact) mass is 368 g/mol. The summed E-state index contributed by atoms with van der Waals surface area (Å²) in [5.41, 5.74) is 3.35. The molecule has 142 valence electrons. The molecule has 0 aliphatic heterocycles. The fraction of sp³-hybridized carbons (Fsp3) is 0.286. The molecule has 1 aromatic heterocycles. The number of benzene rings is 2. The van der Waals surface area contributed by atoms with E-state index in [1.165, 1.54) is 6.92 Å². The van der Waals surface area contributed by atoms with E-state index in [2.05, 4.69) is 10.3 Å². The van der Waals surface area contributed by atoms with Gasteiger partial charge in [0.05, 0.1) is 19.9 Å². The number of aliphatic hydroxyl groups is 1. The van der Waals surface area contributed by atoms with Crippen LogP contribution in [-0.4, -0.2) is 36.8 Å². The van der Waals surface area contributed by atoms with E-state index in [4.69, 9.17) is 9.47 Å². The largest absolute Gasteiger partial charge is 0.497 e. The number of carbonyl (C=O) groups is 1. The van der Waals surface area contributed by atoms with Gasteiger partial charge in [0.2, 0.25) is 5.91 Å². The highest BCUT2D eigenvalue weighted by Gasteiger charge is 2.20. The third-order valence-electron chi connectivity index (χ3n) is 4.60. The number of methoxy groups -OCH3 is 2. The summed E-state index contributed by atoms with van der Waals surface area (Å²) in [5, 5.41) is 14.8. The molecule has 3 rings (SSSR count). The zero-order chi connectivity index (χ0) is 19.4. The van der Waals surface area contributed by atoms with Crippen LogP contribution in [0.15, 0.2) is 42.5 Å². The standard InChI is InChI=1S/C21H24N2O4/c1-13(24)22-11-10-17-18-12-16(27-3)8-9-19(18)23-20(17)21(25)14-4-6-15(26-2)7-5-14/h4-9,12,21,23,25H,10-11H2,1-3H3,(H,22,24). The molecule has 0 saturated carbocycles. The van der Waals surface area contributed by atoms with E-state index < -0.39 is 6.10 Å². The Kier molecular flexibility index (Phi) is 5.66. The predicted octanol–water partition coefficient (Wildman–Crippen LogP) is 2.95. The lowest BCUT2D eigenvalue weighted by atomic mass is 9.99. The third kappa shape index (κ3) is 4.06. The maximum absolute atomic E-state index is 11.2. The van der Waals surface area contributed by atoms with Crippen LogP contribution in [-0.2, 0) is 11.2 Å². The molecule has 27 heavy (non-hydrogen) atoms. The first-order chi connectivity index (χ1) is 13.0. The SMILES string of the molecule is COc1ccc(C(O)c2[nH]c3ccc(OC)cc3c2CCNC(C)=O)cc1. The second kappa shape index (κ2) is 8.14. The number of hydrogen-bond donors (Lipinski definition) is 3. The van der Waals surface area contributed by atoms with Crippen molar-refractivity contribution in [3.8, 4) is 11.5 Å². The number of nitrogens with one attached hydrogen (secondary N) is 2. The third-order valence-corrected chi connectivity index (χ3v) is 4.60.